The SMILES string of the molecule is O=C(Cc1ccccc1O)NC1CCCCC1. The summed E-state index contributed by atoms with van der Waals surface area (Å²) in [4.78, 5) is 11.8. The second-order valence-corrected chi connectivity index (χ2v) is 4.71. The van der Waals surface area contributed by atoms with Crippen molar-refractivity contribution in [2.45, 2.75) is 44.6 Å². The van der Waals surface area contributed by atoms with Crippen molar-refractivity contribution < 1.29 is 9.90 Å². The van der Waals surface area contributed by atoms with Gasteiger partial charge >= 0.3 is 0 Å². The van der Waals surface area contributed by atoms with Crippen LogP contribution in [-0.2, 0) is 11.2 Å². The minimum atomic E-state index is 0.0124. The van der Waals surface area contributed by atoms with Crippen LogP contribution in [0.25, 0.3) is 0 Å². The van der Waals surface area contributed by atoms with Crippen LogP contribution in [0.3, 0.4) is 0 Å². The zero-order chi connectivity index (χ0) is 12.1. The summed E-state index contributed by atoms with van der Waals surface area (Å²) >= 11 is 0. The molecule has 0 aliphatic heterocycles. The Labute approximate surface area is 102 Å². The number of benzene rings is 1. The molecule has 1 aliphatic rings. The number of phenolic OH excluding ortho intramolecular Hbond substituents is 1. The van der Waals surface area contributed by atoms with Gasteiger partial charge in [-0.3, -0.25) is 4.79 Å². The van der Waals surface area contributed by atoms with E-state index in [1.807, 2.05) is 6.07 Å². The van der Waals surface area contributed by atoms with Gasteiger partial charge in [0, 0.05) is 11.6 Å². The van der Waals surface area contributed by atoms with E-state index in [0.29, 0.717) is 11.6 Å². The summed E-state index contributed by atoms with van der Waals surface area (Å²) in [5, 5.41) is 12.6. The molecule has 2 rings (SSSR count). The number of rotatable bonds is 3. The summed E-state index contributed by atoms with van der Waals surface area (Å²) in [7, 11) is 0. The highest BCUT2D eigenvalue weighted by atomic mass is 16.3. The Kier molecular flexibility index (Phi) is 4.02. The van der Waals surface area contributed by atoms with Crippen molar-refractivity contribution in [1.29, 1.82) is 0 Å². The summed E-state index contributed by atoms with van der Waals surface area (Å²) in [6.07, 6.45) is 6.15. The minimum absolute atomic E-state index is 0.0124. The maximum atomic E-state index is 11.8. The van der Waals surface area contributed by atoms with E-state index in [1.54, 1.807) is 18.2 Å². The van der Waals surface area contributed by atoms with Crippen LogP contribution in [0, 0.1) is 0 Å². The Bertz CT molecular complexity index is 384. The van der Waals surface area contributed by atoms with E-state index in [2.05, 4.69) is 5.32 Å². The number of nitrogens with one attached hydrogen (secondary N) is 1. The normalized spacial score (nSPS) is 16.7. The average Bonchev–Trinajstić information content (AvgIpc) is 2.33. The number of hydrogen-bond donors (Lipinski definition) is 2. The van der Waals surface area contributed by atoms with Gasteiger partial charge < -0.3 is 10.4 Å². The third-order valence-electron chi connectivity index (χ3n) is 3.31. The van der Waals surface area contributed by atoms with E-state index >= 15 is 0 Å². The first-order chi connectivity index (χ1) is 8.25. The first-order valence-corrected chi connectivity index (χ1v) is 6.32. The molecule has 0 spiro atoms. The smallest absolute Gasteiger partial charge is 0.224 e. The molecule has 1 fully saturated rings. The molecule has 0 saturated heterocycles. The molecule has 1 aliphatic carbocycles. The zero-order valence-electron chi connectivity index (χ0n) is 9.98. The quantitative estimate of drug-likeness (QED) is 0.842. The third-order valence-corrected chi connectivity index (χ3v) is 3.31. The molecule has 0 atom stereocenters. The van der Waals surface area contributed by atoms with Gasteiger partial charge in [0.2, 0.25) is 5.91 Å². The average molecular weight is 233 g/mol. The molecule has 92 valence electrons. The van der Waals surface area contributed by atoms with Crippen LogP contribution in [0.5, 0.6) is 5.75 Å². The fraction of sp³-hybridized carbons (Fsp3) is 0.500. The molecule has 1 amide bonds. The third kappa shape index (κ3) is 3.48. The second kappa shape index (κ2) is 5.71. The number of carbonyl (C=O) groups is 1. The van der Waals surface area contributed by atoms with Gasteiger partial charge in [0.1, 0.15) is 5.75 Å². The van der Waals surface area contributed by atoms with Gasteiger partial charge in [-0.25, -0.2) is 0 Å². The molecule has 2 N–H and O–H groups in total. The van der Waals surface area contributed by atoms with Crippen LogP contribution >= 0.6 is 0 Å². The monoisotopic (exact) mass is 233 g/mol. The fourth-order valence-electron chi connectivity index (χ4n) is 2.36. The largest absolute Gasteiger partial charge is 0.508 e. The molecule has 1 saturated carbocycles. The van der Waals surface area contributed by atoms with E-state index in [9.17, 15) is 9.90 Å². The molecule has 0 unspecified atom stereocenters. The minimum Gasteiger partial charge on any atom is -0.508 e. The number of para-hydroxylation sites is 1. The molecule has 1 aromatic rings. The van der Waals surface area contributed by atoms with Gasteiger partial charge in [-0.2, -0.15) is 0 Å². The summed E-state index contributed by atoms with van der Waals surface area (Å²) in [6.45, 7) is 0. The number of amides is 1. The molecule has 0 radical (unpaired) electrons. The van der Waals surface area contributed by atoms with Crippen LogP contribution in [0.2, 0.25) is 0 Å². The number of hydrogen-bond acceptors (Lipinski definition) is 2. The lowest BCUT2D eigenvalue weighted by Crippen LogP contribution is -2.37. The predicted molar refractivity (Wildman–Crippen MR) is 66.8 cm³/mol. The topological polar surface area (TPSA) is 49.3 Å². The Morgan fingerprint density at radius 2 is 1.94 bits per heavy atom. The maximum Gasteiger partial charge on any atom is 0.224 e. The fourth-order valence-corrected chi connectivity index (χ4v) is 2.36. The highest BCUT2D eigenvalue weighted by Crippen LogP contribution is 2.19. The lowest BCUT2D eigenvalue weighted by Gasteiger charge is -2.22. The Hall–Kier alpha value is -1.51. The summed E-state index contributed by atoms with van der Waals surface area (Å²) < 4.78 is 0. The van der Waals surface area contributed by atoms with Crippen molar-refractivity contribution >= 4 is 5.91 Å². The Morgan fingerprint density at radius 3 is 2.65 bits per heavy atom. The molecule has 3 nitrogen and oxygen atoms in total. The van der Waals surface area contributed by atoms with Gasteiger partial charge in [-0.05, 0) is 18.9 Å². The Morgan fingerprint density at radius 1 is 1.24 bits per heavy atom. The molecule has 0 heterocycles. The molecule has 17 heavy (non-hydrogen) atoms. The molecular weight excluding hydrogens is 214 g/mol. The summed E-state index contributed by atoms with van der Waals surface area (Å²) in [6, 6.07) is 7.34. The lowest BCUT2D eigenvalue weighted by molar-refractivity contribution is -0.121. The molecule has 0 bridgehead atoms. The van der Waals surface area contributed by atoms with Gasteiger partial charge in [0.25, 0.3) is 0 Å². The predicted octanol–water partition coefficient (Wildman–Crippen LogP) is 2.38. The summed E-state index contributed by atoms with van der Waals surface area (Å²) in [5.41, 5.74) is 0.695. The van der Waals surface area contributed by atoms with Crippen LogP contribution < -0.4 is 5.32 Å². The van der Waals surface area contributed by atoms with Crippen molar-refractivity contribution in [2.75, 3.05) is 0 Å². The van der Waals surface area contributed by atoms with Crippen LogP contribution in [0.4, 0.5) is 0 Å². The number of phenols is 1. The highest BCUT2D eigenvalue weighted by molar-refractivity contribution is 5.79. The van der Waals surface area contributed by atoms with E-state index < -0.39 is 0 Å². The van der Waals surface area contributed by atoms with Gasteiger partial charge in [-0.1, -0.05) is 37.5 Å². The van der Waals surface area contributed by atoms with Crippen molar-refractivity contribution in [1.82, 2.24) is 5.32 Å². The van der Waals surface area contributed by atoms with E-state index in [4.69, 9.17) is 0 Å². The molecule has 3 heteroatoms. The van der Waals surface area contributed by atoms with Gasteiger partial charge in [0.05, 0.1) is 6.42 Å². The van der Waals surface area contributed by atoms with E-state index in [-0.39, 0.29) is 18.1 Å². The van der Waals surface area contributed by atoms with E-state index in [1.165, 1.54) is 19.3 Å². The number of aromatic hydroxyl groups is 1. The Balaban J connectivity index is 1.86. The standard InChI is InChI=1S/C14H19NO2/c16-13-9-5-4-6-11(13)10-14(17)15-12-7-2-1-3-8-12/h4-6,9,12,16H,1-3,7-8,10H2,(H,15,17). The molecule has 0 aromatic heterocycles. The first kappa shape index (κ1) is 12.0. The highest BCUT2D eigenvalue weighted by Gasteiger charge is 2.16. The van der Waals surface area contributed by atoms with Crippen LogP contribution in [-0.4, -0.2) is 17.1 Å². The van der Waals surface area contributed by atoms with Gasteiger partial charge in [0.15, 0.2) is 0 Å². The zero-order valence-corrected chi connectivity index (χ0v) is 9.98. The first-order valence-electron chi connectivity index (χ1n) is 6.32. The van der Waals surface area contributed by atoms with E-state index in [0.717, 1.165) is 12.8 Å². The maximum absolute atomic E-state index is 11.8. The summed E-state index contributed by atoms with van der Waals surface area (Å²) in [5.74, 6) is 0.213. The van der Waals surface area contributed by atoms with Gasteiger partial charge in [-0.15, -0.1) is 0 Å². The second-order valence-electron chi connectivity index (χ2n) is 4.71. The molecular formula is C14H19NO2. The van der Waals surface area contributed by atoms with Crippen LogP contribution in [0.1, 0.15) is 37.7 Å². The van der Waals surface area contributed by atoms with Crippen molar-refractivity contribution in [2.24, 2.45) is 0 Å². The van der Waals surface area contributed by atoms with Crippen molar-refractivity contribution in [3.8, 4) is 5.75 Å². The molecule has 1 aromatic carbocycles. The van der Waals surface area contributed by atoms with Crippen molar-refractivity contribution in [3.63, 3.8) is 0 Å². The number of carbonyl (C=O) groups excluding carboxylic acids is 1. The van der Waals surface area contributed by atoms with Crippen LogP contribution in [0.15, 0.2) is 24.3 Å². The van der Waals surface area contributed by atoms with Crippen molar-refractivity contribution in [3.05, 3.63) is 29.8 Å². The lowest BCUT2D eigenvalue weighted by atomic mass is 9.95.